The van der Waals surface area contributed by atoms with E-state index in [0.29, 0.717) is 0 Å². The van der Waals surface area contributed by atoms with Crippen LogP contribution < -0.4 is 10.9 Å². The highest BCUT2D eigenvalue weighted by Crippen LogP contribution is 1.79. The second-order valence-electron chi connectivity index (χ2n) is 1.53. The van der Waals surface area contributed by atoms with Crippen molar-refractivity contribution in [3.8, 4) is 0 Å². The van der Waals surface area contributed by atoms with Crippen molar-refractivity contribution >= 4 is 16.1 Å². The van der Waals surface area contributed by atoms with Gasteiger partial charge in [-0.15, -0.1) is 0 Å². The predicted molar refractivity (Wildman–Crippen MR) is 33.5 cm³/mol. The Morgan fingerprint density at radius 3 is 2.30 bits per heavy atom. The molecule has 0 unspecified atom stereocenters. The minimum atomic E-state index is -3.55. The van der Waals surface area contributed by atoms with Crippen LogP contribution in [0.1, 0.15) is 0 Å². The maximum absolute atomic E-state index is 10.2. The van der Waals surface area contributed by atoms with Crippen molar-refractivity contribution in [1.82, 2.24) is 0 Å². The van der Waals surface area contributed by atoms with Gasteiger partial charge in [0.25, 0.3) is 0 Å². The number of carbonyl (C=O) groups is 1. The number of hydrogen-bond donors (Lipinski definition) is 2. The summed E-state index contributed by atoms with van der Waals surface area (Å²) in [5.74, 6) is -0.407. The van der Waals surface area contributed by atoms with Gasteiger partial charge in [0.15, 0.2) is 0 Å². The van der Waals surface area contributed by atoms with E-state index >= 15 is 0 Å². The third-order valence-electron chi connectivity index (χ3n) is 0.612. The van der Waals surface area contributed by atoms with E-state index < -0.39 is 21.9 Å². The fourth-order valence-electron chi connectivity index (χ4n) is 0.258. The van der Waals surface area contributed by atoms with Gasteiger partial charge in [0.2, 0.25) is 10.0 Å². The minimum absolute atomic E-state index is 0.297. The number of primary amides is 1. The van der Waals surface area contributed by atoms with Crippen molar-refractivity contribution in [2.75, 3.05) is 12.4 Å². The Morgan fingerprint density at radius 2 is 2.00 bits per heavy atom. The summed E-state index contributed by atoms with van der Waals surface area (Å²) in [6.07, 6.45) is -1.01. The Hall–Kier alpha value is -0.820. The summed E-state index contributed by atoms with van der Waals surface area (Å²) >= 11 is 0. The van der Waals surface area contributed by atoms with Crippen LogP contribution in [0.5, 0.6) is 0 Å². The van der Waals surface area contributed by atoms with E-state index in [9.17, 15) is 13.2 Å². The van der Waals surface area contributed by atoms with Gasteiger partial charge in [-0.25, -0.2) is 18.4 Å². The normalized spacial score (nSPS) is 10.9. The lowest BCUT2D eigenvalue weighted by atomic mass is 10.9. The van der Waals surface area contributed by atoms with Crippen molar-refractivity contribution < 1.29 is 17.9 Å². The van der Waals surface area contributed by atoms with Crippen LogP contribution in [0, 0.1) is 0 Å². The highest BCUT2D eigenvalue weighted by molar-refractivity contribution is 7.89. The molecule has 0 spiro atoms. The van der Waals surface area contributed by atoms with Gasteiger partial charge in [-0.2, -0.15) is 0 Å². The first kappa shape index (κ1) is 9.18. The molecule has 4 N–H and O–H groups in total. The van der Waals surface area contributed by atoms with Gasteiger partial charge in [-0.1, -0.05) is 0 Å². The fraction of sp³-hybridized carbons (Fsp3) is 0.667. The third kappa shape index (κ3) is 7.18. The van der Waals surface area contributed by atoms with Crippen molar-refractivity contribution in [2.45, 2.75) is 0 Å². The van der Waals surface area contributed by atoms with Gasteiger partial charge in [0, 0.05) is 0 Å². The Morgan fingerprint density at radius 1 is 1.50 bits per heavy atom. The molecule has 0 aliphatic rings. The van der Waals surface area contributed by atoms with Gasteiger partial charge in [-0.3, -0.25) is 0 Å². The van der Waals surface area contributed by atoms with Crippen LogP contribution in [0.3, 0.4) is 0 Å². The lowest BCUT2D eigenvalue weighted by Gasteiger charge is -1.97. The van der Waals surface area contributed by atoms with Crippen molar-refractivity contribution in [3.63, 3.8) is 0 Å². The van der Waals surface area contributed by atoms with E-state index in [4.69, 9.17) is 0 Å². The highest BCUT2D eigenvalue weighted by Gasteiger charge is 2.02. The van der Waals surface area contributed by atoms with E-state index in [1.807, 2.05) is 0 Å². The molecule has 0 aromatic heterocycles. The molecule has 0 aromatic rings. The molecule has 0 rings (SSSR count). The zero-order valence-electron chi connectivity index (χ0n) is 5.11. The molecule has 0 heterocycles. The third-order valence-corrected chi connectivity index (χ3v) is 1.35. The largest absolute Gasteiger partial charge is 0.449 e. The number of hydrogen-bond acceptors (Lipinski definition) is 4. The van der Waals surface area contributed by atoms with Crippen LogP contribution in [0.15, 0.2) is 0 Å². The first-order valence-electron chi connectivity index (χ1n) is 2.34. The number of primary sulfonamides is 1. The van der Waals surface area contributed by atoms with Crippen molar-refractivity contribution in [3.05, 3.63) is 0 Å². The second kappa shape index (κ2) is 3.37. The van der Waals surface area contributed by atoms with E-state index in [-0.39, 0.29) is 6.61 Å². The number of amides is 1. The van der Waals surface area contributed by atoms with Gasteiger partial charge in [0.1, 0.15) is 6.61 Å². The SMILES string of the molecule is NC(=O)OCCS(N)(=O)=O. The Bertz CT molecular complexity index is 209. The Balaban J connectivity index is 3.49. The van der Waals surface area contributed by atoms with Crippen LogP contribution in [-0.4, -0.2) is 26.9 Å². The van der Waals surface area contributed by atoms with E-state index in [1.165, 1.54) is 0 Å². The topological polar surface area (TPSA) is 112 Å². The molecule has 0 radical (unpaired) electrons. The molecule has 0 saturated heterocycles. The number of rotatable bonds is 3. The van der Waals surface area contributed by atoms with E-state index in [1.54, 1.807) is 0 Å². The zero-order valence-corrected chi connectivity index (χ0v) is 5.93. The minimum Gasteiger partial charge on any atom is -0.449 e. The average molecular weight is 168 g/mol. The molecule has 7 heteroatoms. The number of carbonyl (C=O) groups excluding carboxylic acids is 1. The Kier molecular flexibility index (Phi) is 3.10. The molecule has 0 fully saturated rings. The maximum atomic E-state index is 10.2. The molecule has 0 saturated carbocycles. The second-order valence-corrected chi connectivity index (χ2v) is 3.27. The summed E-state index contributed by atoms with van der Waals surface area (Å²) < 4.78 is 24.4. The lowest BCUT2D eigenvalue weighted by Crippen LogP contribution is -2.23. The first-order chi connectivity index (χ1) is 4.42. The van der Waals surface area contributed by atoms with Gasteiger partial charge < -0.3 is 10.5 Å². The molecule has 0 aromatic carbocycles. The quantitative estimate of drug-likeness (QED) is 0.526. The summed E-state index contributed by atoms with van der Waals surface area (Å²) in [7, 11) is -3.55. The van der Waals surface area contributed by atoms with Crippen LogP contribution in [-0.2, 0) is 14.8 Å². The van der Waals surface area contributed by atoms with Gasteiger partial charge >= 0.3 is 6.09 Å². The summed E-state index contributed by atoms with van der Waals surface area (Å²) in [6, 6.07) is 0. The molecule has 0 bridgehead atoms. The van der Waals surface area contributed by atoms with E-state index in [2.05, 4.69) is 15.6 Å². The standard InChI is InChI=1S/C3H8N2O4S/c4-3(6)9-1-2-10(5,7)8/h1-2H2,(H2,4,6)(H2,5,7,8). The smallest absolute Gasteiger partial charge is 0.404 e. The molecule has 10 heavy (non-hydrogen) atoms. The molecule has 1 amide bonds. The van der Waals surface area contributed by atoms with E-state index in [0.717, 1.165) is 0 Å². The molecular weight excluding hydrogens is 160 g/mol. The van der Waals surface area contributed by atoms with Crippen LogP contribution in [0.4, 0.5) is 4.79 Å². The Labute approximate surface area is 58.2 Å². The predicted octanol–water partition coefficient (Wildman–Crippen LogP) is -1.63. The van der Waals surface area contributed by atoms with Crippen LogP contribution >= 0.6 is 0 Å². The molecule has 0 atom stereocenters. The van der Waals surface area contributed by atoms with Crippen molar-refractivity contribution in [1.29, 1.82) is 0 Å². The number of sulfonamides is 1. The molecule has 0 aliphatic heterocycles. The van der Waals surface area contributed by atoms with Crippen LogP contribution in [0.2, 0.25) is 0 Å². The summed E-state index contributed by atoms with van der Waals surface area (Å²) in [4.78, 5) is 9.85. The number of nitrogens with two attached hydrogens (primary N) is 2. The molecule has 6 nitrogen and oxygen atoms in total. The monoisotopic (exact) mass is 168 g/mol. The molecule has 60 valence electrons. The summed E-state index contributed by atoms with van der Waals surface area (Å²) in [5, 5.41) is 4.56. The zero-order chi connectivity index (χ0) is 8.20. The maximum Gasteiger partial charge on any atom is 0.404 e. The highest BCUT2D eigenvalue weighted by atomic mass is 32.2. The molecule has 0 aliphatic carbocycles. The van der Waals surface area contributed by atoms with Crippen LogP contribution in [0.25, 0.3) is 0 Å². The average Bonchev–Trinajstić information content (AvgIpc) is 1.59. The fourth-order valence-corrected chi connectivity index (χ4v) is 0.574. The van der Waals surface area contributed by atoms with Crippen molar-refractivity contribution in [2.24, 2.45) is 10.9 Å². The summed E-state index contributed by atoms with van der Waals surface area (Å²) in [6.45, 7) is -0.297. The van der Waals surface area contributed by atoms with Gasteiger partial charge in [0.05, 0.1) is 5.75 Å². The summed E-state index contributed by atoms with van der Waals surface area (Å²) in [5.41, 5.74) is 4.53. The van der Waals surface area contributed by atoms with Gasteiger partial charge in [-0.05, 0) is 0 Å². The number of ether oxygens (including phenoxy) is 1. The first-order valence-corrected chi connectivity index (χ1v) is 4.06. The lowest BCUT2D eigenvalue weighted by molar-refractivity contribution is 0.163. The molecular formula is C3H8N2O4S.